The minimum absolute atomic E-state index is 0.199. The van der Waals surface area contributed by atoms with Gasteiger partial charge in [0.05, 0.1) is 25.7 Å². The highest BCUT2D eigenvalue weighted by Gasteiger charge is 2.24. The summed E-state index contributed by atoms with van der Waals surface area (Å²) < 4.78 is 25.9. The van der Waals surface area contributed by atoms with Crippen molar-refractivity contribution in [2.45, 2.75) is 44.6 Å². The van der Waals surface area contributed by atoms with Crippen molar-refractivity contribution >= 4 is 19.2 Å². The standard InChI is InChI=1S/C22H30NO6PS/c1-22(23,16-29-30(24,25)26)14-13-19-11-10-18(31-19)8-6-4-5-7-17-9-12-20(27-2)21(15-17)28-3/h9-12,15H,4-5,7,13-14,16,23H2,1-3H3,(H2,24,25,26). The Bertz CT molecular complexity index is 956. The Morgan fingerprint density at radius 3 is 2.55 bits per heavy atom. The van der Waals surface area contributed by atoms with Crippen LogP contribution in [0.15, 0.2) is 30.3 Å². The van der Waals surface area contributed by atoms with Crippen molar-refractivity contribution in [1.29, 1.82) is 0 Å². The first-order valence-corrected chi connectivity index (χ1v) is 12.2. The first kappa shape index (κ1) is 25.4. The van der Waals surface area contributed by atoms with Gasteiger partial charge in [-0.15, -0.1) is 11.3 Å². The first-order chi connectivity index (χ1) is 14.6. The molecule has 1 aromatic heterocycles. The van der Waals surface area contributed by atoms with Gasteiger partial charge in [0.1, 0.15) is 0 Å². The minimum Gasteiger partial charge on any atom is -0.493 e. The van der Waals surface area contributed by atoms with Gasteiger partial charge in [0.2, 0.25) is 0 Å². The van der Waals surface area contributed by atoms with Gasteiger partial charge < -0.3 is 25.0 Å². The van der Waals surface area contributed by atoms with Gasteiger partial charge >= 0.3 is 7.82 Å². The van der Waals surface area contributed by atoms with Crippen molar-refractivity contribution in [3.8, 4) is 23.3 Å². The molecule has 4 N–H and O–H groups in total. The molecule has 0 aliphatic heterocycles. The topological polar surface area (TPSA) is 111 Å². The molecule has 2 rings (SSSR count). The van der Waals surface area contributed by atoms with Gasteiger partial charge in [-0.05, 0) is 62.4 Å². The molecule has 0 radical (unpaired) electrons. The van der Waals surface area contributed by atoms with Crippen LogP contribution in [0.2, 0.25) is 0 Å². The first-order valence-electron chi connectivity index (χ1n) is 9.89. The third-order valence-corrected chi connectivity index (χ3v) is 6.12. The van der Waals surface area contributed by atoms with Crippen molar-refractivity contribution in [1.82, 2.24) is 0 Å². The summed E-state index contributed by atoms with van der Waals surface area (Å²) in [6.07, 6.45) is 3.90. The van der Waals surface area contributed by atoms with E-state index >= 15 is 0 Å². The van der Waals surface area contributed by atoms with Crippen molar-refractivity contribution in [2.24, 2.45) is 5.73 Å². The van der Waals surface area contributed by atoms with Gasteiger partial charge in [-0.2, -0.15) is 0 Å². The SMILES string of the molecule is COc1ccc(CCCC#Cc2ccc(CCC(C)(N)COP(=O)(O)O)s2)cc1OC. The fourth-order valence-corrected chi connectivity index (χ4v) is 4.20. The molecule has 1 unspecified atom stereocenters. The van der Waals surface area contributed by atoms with Crippen LogP contribution in [-0.4, -0.2) is 36.2 Å². The van der Waals surface area contributed by atoms with E-state index in [1.165, 1.54) is 5.56 Å². The van der Waals surface area contributed by atoms with Gasteiger partial charge in [0.15, 0.2) is 11.5 Å². The molecule has 1 aromatic carbocycles. The van der Waals surface area contributed by atoms with E-state index in [-0.39, 0.29) is 6.61 Å². The van der Waals surface area contributed by atoms with Gasteiger partial charge in [-0.1, -0.05) is 17.9 Å². The third-order valence-electron chi connectivity index (χ3n) is 4.59. The van der Waals surface area contributed by atoms with Crippen LogP contribution < -0.4 is 15.2 Å². The van der Waals surface area contributed by atoms with E-state index in [1.54, 1.807) is 32.5 Å². The van der Waals surface area contributed by atoms with Crippen LogP contribution in [0.1, 0.15) is 41.5 Å². The average molecular weight is 468 g/mol. The predicted octanol–water partition coefficient (Wildman–Crippen LogP) is 3.90. The van der Waals surface area contributed by atoms with E-state index in [0.29, 0.717) is 12.8 Å². The largest absolute Gasteiger partial charge is 0.493 e. The zero-order chi connectivity index (χ0) is 22.9. The highest BCUT2D eigenvalue weighted by atomic mass is 32.1. The summed E-state index contributed by atoms with van der Waals surface area (Å²) >= 11 is 1.61. The fraction of sp³-hybridized carbons (Fsp3) is 0.455. The van der Waals surface area contributed by atoms with Crippen molar-refractivity contribution in [3.63, 3.8) is 0 Å². The van der Waals surface area contributed by atoms with Gasteiger partial charge in [0.25, 0.3) is 0 Å². The Morgan fingerprint density at radius 1 is 1.13 bits per heavy atom. The zero-order valence-corrected chi connectivity index (χ0v) is 19.8. The van der Waals surface area contributed by atoms with E-state index in [9.17, 15) is 4.57 Å². The molecule has 1 atom stereocenters. The molecule has 2 aromatic rings. The van der Waals surface area contributed by atoms with Crippen molar-refractivity contribution in [3.05, 3.63) is 45.6 Å². The minimum atomic E-state index is -4.51. The number of methoxy groups -OCH3 is 2. The second-order valence-electron chi connectivity index (χ2n) is 7.53. The Hall–Kier alpha value is -1.85. The molecule has 0 aliphatic rings. The van der Waals surface area contributed by atoms with E-state index in [4.69, 9.17) is 25.0 Å². The number of unbranched alkanes of at least 4 members (excludes halogenated alkanes) is 1. The van der Waals surface area contributed by atoms with Gasteiger partial charge in [0, 0.05) is 16.8 Å². The second kappa shape index (κ2) is 11.7. The lowest BCUT2D eigenvalue weighted by atomic mass is 9.98. The Morgan fingerprint density at radius 2 is 1.87 bits per heavy atom. The maximum Gasteiger partial charge on any atom is 0.469 e. The highest BCUT2D eigenvalue weighted by molar-refractivity contribution is 7.46. The predicted molar refractivity (Wildman–Crippen MR) is 123 cm³/mol. The van der Waals surface area contributed by atoms with Crippen molar-refractivity contribution < 1.29 is 28.3 Å². The maximum atomic E-state index is 10.8. The number of rotatable bonds is 11. The molecule has 0 amide bonds. The van der Waals surface area contributed by atoms with Crippen LogP contribution >= 0.6 is 19.2 Å². The smallest absolute Gasteiger partial charge is 0.469 e. The number of thiophene rings is 1. The molecule has 0 bridgehead atoms. The van der Waals surface area contributed by atoms with Crippen LogP contribution in [-0.2, 0) is 21.9 Å². The summed E-state index contributed by atoms with van der Waals surface area (Å²) in [6.45, 7) is 1.52. The third kappa shape index (κ3) is 9.44. The molecular formula is C22H30NO6PS. The van der Waals surface area contributed by atoms with Crippen LogP contribution in [0, 0.1) is 11.8 Å². The number of benzene rings is 1. The summed E-state index contributed by atoms with van der Waals surface area (Å²) in [5.74, 6) is 7.88. The quantitative estimate of drug-likeness (QED) is 0.261. The number of phosphoric ester groups is 1. The molecule has 31 heavy (non-hydrogen) atoms. The Balaban J connectivity index is 1.78. The molecule has 9 heteroatoms. The number of hydrogen-bond acceptors (Lipinski definition) is 6. The van der Waals surface area contributed by atoms with Crippen LogP contribution in [0.25, 0.3) is 0 Å². The summed E-state index contributed by atoms with van der Waals surface area (Å²) in [4.78, 5) is 19.7. The van der Waals surface area contributed by atoms with Crippen LogP contribution in [0.3, 0.4) is 0 Å². The number of hydrogen-bond donors (Lipinski definition) is 3. The molecular weight excluding hydrogens is 437 g/mol. The summed E-state index contributed by atoms with van der Waals surface area (Å²) in [5.41, 5.74) is 6.44. The lowest BCUT2D eigenvalue weighted by molar-refractivity contribution is 0.154. The fourth-order valence-electron chi connectivity index (χ4n) is 2.86. The van der Waals surface area contributed by atoms with Crippen LogP contribution in [0.4, 0.5) is 0 Å². The highest BCUT2D eigenvalue weighted by Crippen LogP contribution is 2.37. The number of aryl methyl sites for hydroxylation is 2. The summed E-state index contributed by atoms with van der Waals surface area (Å²) in [5, 5.41) is 0. The van der Waals surface area contributed by atoms with Crippen LogP contribution in [0.5, 0.6) is 11.5 Å². The number of nitrogens with two attached hydrogens (primary N) is 1. The zero-order valence-electron chi connectivity index (χ0n) is 18.1. The molecule has 7 nitrogen and oxygen atoms in total. The Labute approximate surface area is 187 Å². The summed E-state index contributed by atoms with van der Waals surface area (Å²) in [7, 11) is -1.25. The number of phosphoric acid groups is 1. The lowest BCUT2D eigenvalue weighted by Crippen LogP contribution is -2.41. The molecule has 1 heterocycles. The van der Waals surface area contributed by atoms with Gasteiger partial charge in [-0.25, -0.2) is 4.57 Å². The molecule has 170 valence electrons. The molecule has 0 saturated heterocycles. The van der Waals surface area contributed by atoms with E-state index in [1.807, 2.05) is 30.3 Å². The molecule has 0 aliphatic carbocycles. The van der Waals surface area contributed by atoms with E-state index in [0.717, 1.165) is 40.5 Å². The van der Waals surface area contributed by atoms with Crippen molar-refractivity contribution in [2.75, 3.05) is 20.8 Å². The summed E-state index contributed by atoms with van der Waals surface area (Å²) in [6, 6.07) is 9.95. The average Bonchev–Trinajstić information content (AvgIpc) is 3.18. The van der Waals surface area contributed by atoms with E-state index < -0.39 is 13.4 Å². The monoisotopic (exact) mass is 467 g/mol. The normalized spacial score (nSPS) is 13.2. The number of ether oxygens (including phenoxy) is 2. The van der Waals surface area contributed by atoms with E-state index in [2.05, 4.69) is 16.4 Å². The second-order valence-corrected chi connectivity index (χ2v) is 9.94. The Kier molecular flexibility index (Phi) is 9.57. The molecule has 0 saturated carbocycles. The maximum absolute atomic E-state index is 10.8. The molecule has 0 fully saturated rings. The molecule has 0 spiro atoms. The van der Waals surface area contributed by atoms with Gasteiger partial charge in [-0.3, -0.25) is 4.52 Å². The lowest BCUT2D eigenvalue weighted by Gasteiger charge is -2.24.